The second-order valence-corrected chi connectivity index (χ2v) is 10.8. The van der Waals surface area contributed by atoms with Crippen molar-refractivity contribution >= 4 is 17.0 Å². The lowest BCUT2D eigenvalue weighted by Gasteiger charge is -2.25. The molecule has 4 aromatic rings. The Balaban J connectivity index is 1.79. The quantitative estimate of drug-likeness (QED) is 0.309. The van der Waals surface area contributed by atoms with Gasteiger partial charge < -0.3 is 19.1 Å². The van der Waals surface area contributed by atoms with Crippen molar-refractivity contribution in [2.45, 2.75) is 52.9 Å². The van der Waals surface area contributed by atoms with Gasteiger partial charge in [0.2, 0.25) is 0 Å². The van der Waals surface area contributed by atoms with E-state index < -0.39 is 11.8 Å². The molecule has 0 aliphatic heterocycles. The lowest BCUT2D eigenvalue weighted by atomic mass is 9.92. The Kier molecular flexibility index (Phi) is 7.53. The van der Waals surface area contributed by atoms with Crippen molar-refractivity contribution in [3.8, 4) is 11.1 Å². The average molecular weight is 519 g/mol. The minimum absolute atomic E-state index is 0.0720. The molecule has 38 heavy (non-hydrogen) atoms. The minimum Gasteiger partial charge on any atom is -0.478 e. The fourth-order valence-corrected chi connectivity index (χ4v) is 4.48. The number of carboxylic acids is 1. The highest BCUT2D eigenvalue weighted by Gasteiger charge is 2.28. The van der Waals surface area contributed by atoms with E-state index in [0.717, 1.165) is 17.0 Å². The van der Waals surface area contributed by atoms with Crippen molar-refractivity contribution < 1.29 is 19.4 Å². The Morgan fingerprint density at radius 3 is 2.26 bits per heavy atom. The number of carboxylic acid groups (broad SMARTS) is 1. The molecule has 2 N–H and O–H groups in total. The van der Waals surface area contributed by atoms with Crippen molar-refractivity contribution in [3.63, 3.8) is 0 Å². The Hall–Kier alpha value is -3.82. The molecular weight excluding hydrogens is 484 g/mol. The van der Waals surface area contributed by atoms with E-state index in [-0.39, 0.29) is 16.5 Å². The number of aromatic carboxylic acids is 1. The number of nitrogens with one attached hydrogen (secondary N) is 1. The van der Waals surface area contributed by atoms with Crippen LogP contribution in [0.2, 0.25) is 0 Å². The molecule has 0 spiro atoms. The van der Waals surface area contributed by atoms with E-state index in [4.69, 9.17) is 14.5 Å². The second kappa shape index (κ2) is 10.5. The number of nitrogens with zero attached hydrogens (tertiary/aromatic N) is 3. The van der Waals surface area contributed by atoms with Gasteiger partial charge in [0, 0.05) is 33.6 Å². The molecule has 0 fully saturated rings. The third-order valence-corrected chi connectivity index (χ3v) is 6.63. The van der Waals surface area contributed by atoms with Gasteiger partial charge in [-0.1, -0.05) is 63.2 Å². The maximum absolute atomic E-state index is 13.1. The van der Waals surface area contributed by atoms with E-state index in [9.17, 15) is 14.7 Å². The van der Waals surface area contributed by atoms with Crippen LogP contribution in [0.1, 0.15) is 55.1 Å². The van der Waals surface area contributed by atoms with Gasteiger partial charge in [0.25, 0.3) is 5.56 Å². The van der Waals surface area contributed by atoms with Gasteiger partial charge in [-0.05, 0) is 35.1 Å². The molecule has 0 amide bonds. The van der Waals surface area contributed by atoms with E-state index >= 15 is 0 Å². The molecule has 0 aliphatic carbocycles. The van der Waals surface area contributed by atoms with E-state index in [1.54, 1.807) is 32.4 Å². The van der Waals surface area contributed by atoms with E-state index in [1.165, 1.54) is 0 Å². The summed E-state index contributed by atoms with van der Waals surface area (Å²) in [5.41, 5.74) is 3.83. The lowest BCUT2D eigenvalue weighted by molar-refractivity contribution is -0.192. The third kappa shape index (κ3) is 5.69. The van der Waals surface area contributed by atoms with Crippen molar-refractivity contribution in [3.05, 3.63) is 81.5 Å². The van der Waals surface area contributed by atoms with Gasteiger partial charge >= 0.3 is 5.97 Å². The van der Waals surface area contributed by atoms with Crippen LogP contribution in [-0.4, -0.2) is 50.8 Å². The molecule has 0 unspecified atom stereocenters. The molecule has 9 heteroatoms. The number of carbonyl (C=O) groups is 1. The predicted octanol–water partition coefficient (Wildman–Crippen LogP) is 4.67. The van der Waals surface area contributed by atoms with Crippen LogP contribution in [0.5, 0.6) is 0 Å². The van der Waals surface area contributed by atoms with Gasteiger partial charge in [-0.2, -0.15) is 5.10 Å². The summed E-state index contributed by atoms with van der Waals surface area (Å²) >= 11 is 0. The summed E-state index contributed by atoms with van der Waals surface area (Å²) in [7, 11) is 3.13. The number of imidazole rings is 1. The number of hydrogen-bond donors (Lipinski definition) is 2. The summed E-state index contributed by atoms with van der Waals surface area (Å²) < 4.78 is 13.0. The number of hydrogen-bond acceptors (Lipinski definition) is 6. The normalized spacial score (nSPS) is 12.3. The van der Waals surface area contributed by atoms with Crippen molar-refractivity contribution in [2.24, 2.45) is 5.41 Å². The summed E-state index contributed by atoms with van der Waals surface area (Å²) in [4.78, 5) is 29.6. The van der Waals surface area contributed by atoms with Gasteiger partial charge in [-0.25, -0.2) is 14.9 Å². The number of benzene rings is 2. The SMILES string of the molecule is COC(C)(Cc1n[nH]c(=O)c2c1nc(CC(C)(C)C)n2Cc1ccc(-c2ccccc2C(=O)O)cc1)OC. The van der Waals surface area contributed by atoms with Crippen molar-refractivity contribution in [2.75, 3.05) is 14.2 Å². The second-order valence-electron chi connectivity index (χ2n) is 10.8. The van der Waals surface area contributed by atoms with Crippen LogP contribution in [0.3, 0.4) is 0 Å². The van der Waals surface area contributed by atoms with E-state index in [2.05, 4.69) is 31.0 Å². The van der Waals surface area contributed by atoms with Gasteiger partial charge in [0.15, 0.2) is 5.79 Å². The molecule has 0 saturated carbocycles. The minimum atomic E-state index is -0.969. The van der Waals surface area contributed by atoms with Gasteiger partial charge in [-0.3, -0.25) is 4.79 Å². The molecule has 9 nitrogen and oxygen atoms in total. The fraction of sp³-hybridized carbons (Fsp3) is 0.379. The average Bonchev–Trinajstić information content (AvgIpc) is 3.23. The monoisotopic (exact) mass is 518 g/mol. The van der Waals surface area contributed by atoms with Crippen LogP contribution in [-0.2, 0) is 28.9 Å². The van der Waals surface area contributed by atoms with Crippen molar-refractivity contribution in [1.82, 2.24) is 19.7 Å². The summed E-state index contributed by atoms with van der Waals surface area (Å²) in [6, 6.07) is 14.6. The van der Waals surface area contributed by atoms with Gasteiger partial charge in [-0.15, -0.1) is 0 Å². The van der Waals surface area contributed by atoms with E-state index in [0.29, 0.717) is 41.7 Å². The first-order chi connectivity index (χ1) is 17.9. The number of H-pyrrole nitrogens is 1. The largest absolute Gasteiger partial charge is 0.478 e. The third-order valence-electron chi connectivity index (χ3n) is 6.63. The zero-order valence-electron chi connectivity index (χ0n) is 22.7. The summed E-state index contributed by atoms with van der Waals surface area (Å²) in [5.74, 6) is -1.11. The van der Waals surface area contributed by atoms with Gasteiger partial charge in [0.05, 0.1) is 11.3 Å². The Morgan fingerprint density at radius 2 is 1.66 bits per heavy atom. The van der Waals surface area contributed by atoms with Gasteiger partial charge in [0.1, 0.15) is 16.9 Å². The Labute approximate surface area is 221 Å². The van der Waals surface area contributed by atoms with Crippen LogP contribution in [0.4, 0.5) is 0 Å². The molecule has 4 rings (SSSR count). The molecule has 200 valence electrons. The zero-order valence-corrected chi connectivity index (χ0v) is 22.7. The molecule has 0 bridgehead atoms. The fourth-order valence-electron chi connectivity index (χ4n) is 4.48. The molecule has 0 atom stereocenters. The van der Waals surface area contributed by atoms with Crippen molar-refractivity contribution in [1.29, 1.82) is 0 Å². The first-order valence-electron chi connectivity index (χ1n) is 12.4. The maximum atomic E-state index is 13.1. The highest BCUT2D eigenvalue weighted by atomic mass is 16.7. The molecular formula is C29H34N4O5. The highest BCUT2D eigenvalue weighted by Crippen LogP contribution is 2.28. The summed E-state index contributed by atoms with van der Waals surface area (Å²) in [6.07, 6.45) is 0.952. The number of methoxy groups -OCH3 is 2. The number of ether oxygens (including phenoxy) is 2. The topological polar surface area (TPSA) is 119 Å². The number of fused-ring (bicyclic) bond motifs is 1. The first-order valence-corrected chi connectivity index (χ1v) is 12.4. The number of rotatable bonds is 9. The standard InChI is InChI=1S/C29H34N4O5/c1-28(2,3)16-23-30-24-22(15-29(4,37-5)38-6)31-32-26(34)25(24)33(23)17-18-11-13-19(14-12-18)20-9-7-8-10-21(20)27(35)36/h7-14H,15-17H2,1-6H3,(H,32,34)(H,35,36). The Bertz CT molecular complexity index is 1510. The lowest BCUT2D eigenvalue weighted by Crippen LogP contribution is -2.33. The van der Waals surface area contributed by atoms with E-state index in [1.807, 2.05) is 41.8 Å². The first kappa shape index (κ1) is 27.2. The van der Waals surface area contributed by atoms with Crippen LogP contribution < -0.4 is 5.56 Å². The highest BCUT2D eigenvalue weighted by molar-refractivity contribution is 5.96. The summed E-state index contributed by atoms with van der Waals surface area (Å²) in [6.45, 7) is 8.61. The van der Waals surface area contributed by atoms with Crippen LogP contribution >= 0.6 is 0 Å². The zero-order chi connectivity index (χ0) is 27.7. The molecule has 0 aliphatic rings. The summed E-state index contributed by atoms with van der Waals surface area (Å²) in [5, 5.41) is 16.5. The van der Waals surface area contributed by atoms with Crippen LogP contribution in [0.15, 0.2) is 53.3 Å². The predicted molar refractivity (Wildman–Crippen MR) is 145 cm³/mol. The smallest absolute Gasteiger partial charge is 0.336 e. The maximum Gasteiger partial charge on any atom is 0.336 e. The molecule has 0 saturated heterocycles. The number of aromatic nitrogens is 4. The van der Waals surface area contributed by atoms with Crippen LogP contribution in [0, 0.1) is 5.41 Å². The molecule has 0 radical (unpaired) electrons. The van der Waals surface area contributed by atoms with Crippen LogP contribution in [0.25, 0.3) is 22.2 Å². The molecule has 2 aromatic carbocycles. The molecule has 2 aromatic heterocycles. The Morgan fingerprint density at radius 1 is 1.00 bits per heavy atom. The number of aromatic amines is 1. The molecule has 2 heterocycles.